The fraction of sp³-hybridized carbons (Fsp3) is 0.286. The topological polar surface area (TPSA) is 38.8 Å². The van der Waals surface area contributed by atoms with E-state index in [0.29, 0.717) is 13.0 Å². The molecule has 4 heteroatoms. The second-order valence-corrected chi connectivity index (χ2v) is 6.38. The van der Waals surface area contributed by atoms with E-state index in [2.05, 4.69) is 54.6 Å². The van der Waals surface area contributed by atoms with Crippen molar-refractivity contribution < 1.29 is 14.4 Å². The molecule has 0 N–H and O–H groups in total. The van der Waals surface area contributed by atoms with Crippen LogP contribution in [0.2, 0.25) is 0 Å². The minimum Gasteiger partial charge on any atom is -0.464 e. The number of nitrogens with zero attached hydrogens (tertiary/aromatic N) is 1. The van der Waals surface area contributed by atoms with Gasteiger partial charge in [-0.1, -0.05) is 48.5 Å². The van der Waals surface area contributed by atoms with E-state index in [9.17, 15) is 4.79 Å². The summed E-state index contributed by atoms with van der Waals surface area (Å²) in [5.41, 5.74) is 1.21. The molecule has 25 heavy (non-hydrogen) atoms. The first kappa shape index (κ1) is 16.1. The van der Waals surface area contributed by atoms with Gasteiger partial charge in [0.1, 0.15) is 0 Å². The van der Waals surface area contributed by atoms with Crippen LogP contribution >= 0.6 is 0 Å². The van der Waals surface area contributed by atoms with Crippen LogP contribution in [-0.2, 0) is 14.4 Å². The summed E-state index contributed by atoms with van der Waals surface area (Å²) in [5, 5.41) is 6.60. The van der Waals surface area contributed by atoms with Gasteiger partial charge in [-0.2, -0.15) is 5.06 Å². The average molecular weight is 335 g/mol. The molecule has 1 fully saturated rings. The molecule has 128 valence electrons. The van der Waals surface area contributed by atoms with Gasteiger partial charge in [-0.25, -0.2) is 4.79 Å². The first-order chi connectivity index (χ1) is 12.2. The number of rotatable bonds is 3. The van der Waals surface area contributed by atoms with Crippen LogP contribution in [0.25, 0.3) is 21.5 Å². The third-order valence-corrected chi connectivity index (χ3v) is 4.87. The van der Waals surface area contributed by atoms with Gasteiger partial charge in [-0.3, -0.25) is 4.84 Å². The largest absolute Gasteiger partial charge is 0.464 e. The highest BCUT2D eigenvalue weighted by molar-refractivity contribution is 6.02. The molecule has 4 nitrogen and oxygen atoms in total. The Bertz CT molecular complexity index is 883. The number of esters is 1. The van der Waals surface area contributed by atoms with Crippen molar-refractivity contribution in [3.63, 3.8) is 0 Å². The number of carbonyl (C=O) groups is 1. The molecule has 2 atom stereocenters. The maximum Gasteiger partial charge on any atom is 0.337 e. The molecule has 1 aliphatic rings. The molecule has 0 aromatic heterocycles. The third-order valence-electron chi connectivity index (χ3n) is 4.87. The molecular formula is C21H21NO3. The fourth-order valence-corrected chi connectivity index (χ4v) is 3.75. The van der Waals surface area contributed by atoms with Crippen molar-refractivity contribution in [2.75, 3.05) is 13.7 Å². The molecule has 3 aromatic carbocycles. The number of fused-ring (bicyclic) bond motifs is 2. The smallest absolute Gasteiger partial charge is 0.337 e. The Morgan fingerprint density at radius 2 is 1.72 bits per heavy atom. The highest BCUT2D eigenvalue weighted by atomic mass is 16.7. The molecule has 0 spiro atoms. The lowest BCUT2D eigenvalue weighted by molar-refractivity contribution is -0.181. The van der Waals surface area contributed by atoms with E-state index in [4.69, 9.17) is 9.57 Å². The van der Waals surface area contributed by atoms with Gasteiger partial charge < -0.3 is 4.74 Å². The third kappa shape index (κ3) is 2.77. The Morgan fingerprint density at radius 1 is 1.12 bits per heavy atom. The Balaban J connectivity index is 1.86. The molecule has 0 radical (unpaired) electrons. The highest BCUT2D eigenvalue weighted by Crippen LogP contribution is 2.41. The normalized spacial score (nSPS) is 21.0. The van der Waals surface area contributed by atoms with Crippen LogP contribution in [-0.4, -0.2) is 30.8 Å². The van der Waals surface area contributed by atoms with Crippen LogP contribution < -0.4 is 0 Å². The van der Waals surface area contributed by atoms with Crippen molar-refractivity contribution in [2.24, 2.45) is 0 Å². The molecule has 0 aliphatic carbocycles. The molecule has 1 heterocycles. The SMILES string of the molecule is CCOC(=O)C1CC(c2c3ccccc3cc3ccccc23)N(C)O1. The van der Waals surface area contributed by atoms with Crippen LogP contribution in [0.1, 0.15) is 24.9 Å². The van der Waals surface area contributed by atoms with Crippen molar-refractivity contribution in [3.8, 4) is 0 Å². The summed E-state index contributed by atoms with van der Waals surface area (Å²) in [4.78, 5) is 17.9. The first-order valence-corrected chi connectivity index (χ1v) is 8.65. The maximum absolute atomic E-state index is 12.1. The highest BCUT2D eigenvalue weighted by Gasteiger charge is 2.38. The summed E-state index contributed by atoms with van der Waals surface area (Å²) in [7, 11) is 1.89. The second kappa shape index (κ2) is 6.47. The van der Waals surface area contributed by atoms with Gasteiger partial charge in [-0.15, -0.1) is 0 Å². The van der Waals surface area contributed by atoms with E-state index < -0.39 is 6.10 Å². The van der Waals surface area contributed by atoms with E-state index in [1.807, 2.05) is 14.0 Å². The molecule has 0 bridgehead atoms. The first-order valence-electron chi connectivity index (χ1n) is 8.65. The molecule has 0 saturated carbocycles. The van der Waals surface area contributed by atoms with Crippen LogP contribution in [0.3, 0.4) is 0 Å². The monoisotopic (exact) mass is 335 g/mol. The van der Waals surface area contributed by atoms with Gasteiger partial charge in [0.25, 0.3) is 0 Å². The Labute approximate surface area is 146 Å². The van der Waals surface area contributed by atoms with E-state index in [-0.39, 0.29) is 12.0 Å². The Kier molecular flexibility index (Phi) is 4.15. The minimum absolute atomic E-state index is 0.00501. The standard InChI is InChI=1S/C21H21NO3/c1-3-24-21(23)19-13-18(22(2)25-19)20-16-10-6-4-8-14(16)12-15-9-5-7-11-17(15)20/h4-12,18-19H,3,13H2,1-2H3. The quantitative estimate of drug-likeness (QED) is 0.530. The second-order valence-electron chi connectivity index (χ2n) is 6.38. The average Bonchev–Trinajstić information content (AvgIpc) is 3.01. The lowest BCUT2D eigenvalue weighted by Crippen LogP contribution is -2.24. The van der Waals surface area contributed by atoms with Gasteiger partial charge in [0.15, 0.2) is 6.10 Å². The summed E-state index contributed by atoms with van der Waals surface area (Å²) in [6.07, 6.45) is 0.0422. The zero-order valence-corrected chi connectivity index (χ0v) is 14.4. The number of hydroxylamine groups is 2. The van der Waals surface area contributed by atoms with Crippen LogP contribution in [0, 0.1) is 0 Å². The number of ether oxygens (including phenoxy) is 1. The van der Waals surface area contributed by atoms with E-state index in [0.717, 1.165) is 0 Å². The fourth-order valence-electron chi connectivity index (χ4n) is 3.75. The van der Waals surface area contributed by atoms with Gasteiger partial charge in [0, 0.05) is 13.5 Å². The van der Waals surface area contributed by atoms with Gasteiger partial charge in [0.05, 0.1) is 12.6 Å². The Hall–Kier alpha value is -2.43. The van der Waals surface area contributed by atoms with E-state index in [1.165, 1.54) is 27.1 Å². The zero-order valence-electron chi connectivity index (χ0n) is 14.4. The number of hydrogen-bond donors (Lipinski definition) is 0. The van der Waals surface area contributed by atoms with Gasteiger partial charge in [-0.05, 0) is 40.1 Å². The maximum atomic E-state index is 12.1. The van der Waals surface area contributed by atoms with Gasteiger partial charge >= 0.3 is 5.97 Å². The molecule has 0 amide bonds. The molecule has 1 aliphatic heterocycles. The van der Waals surface area contributed by atoms with Crippen molar-refractivity contribution in [1.82, 2.24) is 5.06 Å². The minimum atomic E-state index is -0.548. The van der Waals surface area contributed by atoms with E-state index >= 15 is 0 Å². The predicted octanol–water partition coefficient (Wildman–Crippen LogP) is 4.23. The van der Waals surface area contributed by atoms with Crippen LogP contribution in [0.5, 0.6) is 0 Å². The van der Waals surface area contributed by atoms with Crippen molar-refractivity contribution in [3.05, 3.63) is 60.2 Å². The lowest BCUT2D eigenvalue weighted by Gasteiger charge is -2.21. The molecule has 2 unspecified atom stereocenters. The summed E-state index contributed by atoms with van der Waals surface area (Å²) < 4.78 is 5.14. The summed E-state index contributed by atoms with van der Waals surface area (Å²) in [6, 6.07) is 19.0. The zero-order chi connectivity index (χ0) is 17.4. The van der Waals surface area contributed by atoms with Crippen LogP contribution in [0.4, 0.5) is 0 Å². The lowest BCUT2D eigenvalue weighted by atomic mass is 9.90. The van der Waals surface area contributed by atoms with Gasteiger partial charge in [0.2, 0.25) is 0 Å². The summed E-state index contributed by atoms with van der Waals surface area (Å²) in [5.74, 6) is -0.290. The Morgan fingerprint density at radius 3 is 2.32 bits per heavy atom. The van der Waals surface area contributed by atoms with Crippen LogP contribution in [0.15, 0.2) is 54.6 Å². The molecule has 3 aromatic rings. The van der Waals surface area contributed by atoms with Crippen molar-refractivity contribution in [1.29, 1.82) is 0 Å². The molecular weight excluding hydrogens is 314 g/mol. The number of benzene rings is 3. The van der Waals surface area contributed by atoms with Crippen molar-refractivity contribution in [2.45, 2.75) is 25.5 Å². The number of hydrogen-bond acceptors (Lipinski definition) is 4. The predicted molar refractivity (Wildman–Crippen MR) is 98.1 cm³/mol. The van der Waals surface area contributed by atoms with E-state index in [1.54, 1.807) is 5.06 Å². The van der Waals surface area contributed by atoms with Crippen molar-refractivity contribution >= 4 is 27.5 Å². The summed E-state index contributed by atoms with van der Waals surface area (Å²) >= 11 is 0. The molecule has 4 rings (SSSR count). The summed E-state index contributed by atoms with van der Waals surface area (Å²) in [6.45, 7) is 2.18. The number of carbonyl (C=O) groups excluding carboxylic acids is 1. The molecule has 1 saturated heterocycles.